The van der Waals surface area contributed by atoms with Crippen molar-refractivity contribution in [1.82, 2.24) is 15.0 Å². The van der Waals surface area contributed by atoms with Crippen LogP contribution < -0.4 is 0 Å². The first-order valence-corrected chi connectivity index (χ1v) is 23.1. The van der Waals surface area contributed by atoms with Crippen molar-refractivity contribution in [3.63, 3.8) is 0 Å². The molecule has 9 aromatic carbocycles. The summed E-state index contributed by atoms with van der Waals surface area (Å²) in [5, 5.41) is 0. The Morgan fingerprint density at radius 3 is 1.20 bits per heavy atom. The molecule has 0 unspecified atom stereocenters. The first-order chi connectivity index (χ1) is 31.9. The number of aromatic nitrogens is 3. The Balaban J connectivity index is 0.976. The topological polar surface area (TPSA) is 38.7 Å². The van der Waals surface area contributed by atoms with Crippen molar-refractivity contribution in [1.29, 1.82) is 0 Å². The van der Waals surface area contributed by atoms with Gasteiger partial charge in [0.15, 0.2) is 17.5 Å². The second-order valence-electron chi connectivity index (χ2n) is 17.5. The maximum Gasteiger partial charge on any atom is 0.164 e. The van der Waals surface area contributed by atoms with E-state index in [2.05, 4.69) is 226 Å². The fraction of sp³-hybridized carbons (Fsp3) is 0.0656. The van der Waals surface area contributed by atoms with Crippen LogP contribution in [0.1, 0.15) is 47.2 Å². The Hall–Kier alpha value is -7.66. The van der Waals surface area contributed by atoms with Crippen LogP contribution in [-0.2, 0) is 10.8 Å². The highest BCUT2D eigenvalue weighted by molar-refractivity contribution is 7.99. The van der Waals surface area contributed by atoms with Gasteiger partial charge in [-0.1, -0.05) is 232 Å². The van der Waals surface area contributed by atoms with Crippen molar-refractivity contribution in [2.45, 2.75) is 34.5 Å². The minimum atomic E-state index is -0.462. The van der Waals surface area contributed by atoms with Crippen LogP contribution in [0.2, 0.25) is 0 Å². The van der Waals surface area contributed by atoms with Gasteiger partial charge < -0.3 is 0 Å². The van der Waals surface area contributed by atoms with Gasteiger partial charge in [-0.25, -0.2) is 15.0 Å². The van der Waals surface area contributed by atoms with E-state index in [-0.39, 0.29) is 5.41 Å². The molecule has 65 heavy (non-hydrogen) atoms. The molecule has 1 aliphatic heterocycles. The minimum Gasteiger partial charge on any atom is -0.208 e. The molecule has 1 aromatic heterocycles. The number of hydrogen-bond acceptors (Lipinski definition) is 4. The second-order valence-corrected chi connectivity index (χ2v) is 18.6. The van der Waals surface area contributed by atoms with Crippen molar-refractivity contribution in [3.8, 4) is 67.5 Å². The molecule has 0 amide bonds. The molecule has 0 fully saturated rings. The van der Waals surface area contributed by atoms with Gasteiger partial charge in [-0.15, -0.1) is 0 Å². The van der Waals surface area contributed by atoms with Gasteiger partial charge in [-0.05, 0) is 85.0 Å². The lowest BCUT2D eigenvalue weighted by Crippen LogP contribution is -2.43. The molecule has 0 N–H and O–H groups in total. The summed E-state index contributed by atoms with van der Waals surface area (Å²) in [4.78, 5) is 18.0. The lowest BCUT2D eigenvalue weighted by Gasteiger charge is -2.50. The third-order valence-corrected chi connectivity index (χ3v) is 14.6. The van der Waals surface area contributed by atoms with Crippen molar-refractivity contribution in [2.24, 2.45) is 0 Å². The Labute approximate surface area is 384 Å². The zero-order valence-electron chi connectivity index (χ0n) is 36.1. The molecule has 308 valence electrons. The van der Waals surface area contributed by atoms with Crippen molar-refractivity contribution >= 4 is 11.8 Å². The molecule has 0 radical (unpaired) electrons. The monoisotopic (exact) mass is 849 g/mol. The molecule has 0 atom stereocenters. The predicted octanol–water partition coefficient (Wildman–Crippen LogP) is 15.4. The summed E-state index contributed by atoms with van der Waals surface area (Å²) in [5.41, 5.74) is 17.2. The smallest absolute Gasteiger partial charge is 0.164 e. The number of nitrogens with zero attached hydrogens (tertiary/aromatic N) is 3. The summed E-state index contributed by atoms with van der Waals surface area (Å²) >= 11 is 1.87. The van der Waals surface area contributed by atoms with Crippen LogP contribution in [0.15, 0.2) is 234 Å². The molecule has 3 nitrogen and oxygen atoms in total. The van der Waals surface area contributed by atoms with Crippen molar-refractivity contribution in [2.75, 3.05) is 0 Å². The maximum atomic E-state index is 5.18. The van der Waals surface area contributed by atoms with Gasteiger partial charge >= 0.3 is 0 Å². The van der Waals surface area contributed by atoms with Crippen LogP contribution in [0, 0.1) is 0 Å². The van der Waals surface area contributed by atoms with Gasteiger partial charge in [0.2, 0.25) is 0 Å². The Bertz CT molecular complexity index is 3260. The molecule has 2 aliphatic rings. The van der Waals surface area contributed by atoms with Crippen LogP contribution in [0.3, 0.4) is 0 Å². The van der Waals surface area contributed by atoms with E-state index >= 15 is 0 Å². The van der Waals surface area contributed by atoms with Gasteiger partial charge in [0, 0.05) is 31.9 Å². The van der Waals surface area contributed by atoms with Crippen LogP contribution in [0.25, 0.3) is 67.5 Å². The standard InChI is InChI=1S/C61H43N3S/c1-60(2)49-22-9-11-24-51(49)61(52-25-12-10-23-50(52)60)53-26-13-14-27-55(53)65-56-39-47(36-37-54(56)61)46-20-15-21-48(38-46)59-63-57(44-32-28-42(29-33-44)40-16-5-3-6-17-40)62-58(64-59)45-34-30-43(31-35-45)41-18-7-4-8-19-41/h3-39H,1-2H3. The van der Waals surface area contributed by atoms with E-state index in [1.165, 1.54) is 54.3 Å². The Kier molecular flexibility index (Phi) is 9.32. The molecule has 12 rings (SSSR count). The molecule has 1 spiro atoms. The van der Waals surface area contributed by atoms with E-state index in [4.69, 9.17) is 15.0 Å². The SMILES string of the molecule is CC1(C)c2ccccc2C2(c3ccccc3Sc3cc(-c4cccc(-c5nc(-c6ccc(-c7ccccc7)cc6)nc(-c6ccc(-c7ccccc7)cc6)n5)c4)ccc32)c2ccccc21. The van der Waals surface area contributed by atoms with E-state index < -0.39 is 5.41 Å². The molecule has 0 bridgehead atoms. The van der Waals surface area contributed by atoms with E-state index in [1.807, 2.05) is 23.9 Å². The van der Waals surface area contributed by atoms with Gasteiger partial charge in [-0.2, -0.15) is 0 Å². The third kappa shape index (κ3) is 6.47. The minimum absolute atomic E-state index is 0.148. The van der Waals surface area contributed by atoms with Crippen LogP contribution in [0.5, 0.6) is 0 Å². The quantitative estimate of drug-likeness (QED) is 0.167. The summed E-state index contributed by atoms with van der Waals surface area (Å²) in [6.07, 6.45) is 0. The van der Waals surface area contributed by atoms with Gasteiger partial charge in [0.25, 0.3) is 0 Å². The third-order valence-electron chi connectivity index (χ3n) is 13.5. The summed E-state index contributed by atoms with van der Waals surface area (Å²) in [6.45, 7) is 4.75. The predicted molar refractivity (Wildman–Crippen MR) is 267 cm³/mol. The zero-order chi connectivity index (χ0) is 43.5. The summed E-state index contributed by atoms with van der Waals surface area (Å²) in [7, 11) is 0. The zero-order valence-corrected chi connectivity index (χ0v) is 36.9. The maximum absolute atomic E-state index is 5.18. The fourth-order valence-electron chi connectivity index (χ4n) is 10.3. The van der Waals surface area contributed by atoms with E-state index in [0.29, 0.717) is 17.5 Å². The highest BCUT2D eigenvalue weighted by atomic mass is 32.2. The van der Waals surface area contributed by atoms with Crippen LogP contribution >= 0.6 is 11.8 Å². The van der Waals surface area contributed by atoms with Gasteiger partial charge in [0.1, 0.15) is 0 Å². The number of rotatable bonds is 6. The molecular formula is C61H43N3S. The number of hydrogen-bond donors (Lipinski definition) is 0. The summed E-state index contributed by atoms with van der Waals surface area (Å²) in [6, 6.07) is 80.9. The van der Waals surface area contributed by atoms with Crippen LogP contribution in [-0.4, -0.2) is 15.0 Å². The highest BCUT2D eigenvalue weighted by Crippen LogP contribution is 2.61. The summed E-state index contributed by atoms with van der Waals surface area (Å²) in [5.74, 6) is 1.89. The average molecular weight is 850 g/mol. The number of benzene rings is 9. The lowest BCUT2D eigenvalue weighted by atomic mass is 9.54. The van der Waals surface area contributed by atoms with E-state index in [1.54, 1.807) is 0 Å². The van der Waals surface area contributed by atoms with Crippen molar-refractivity contribution < 1.29 is 0 Å². The van der Waals surface area contributed by atoms with Crippen LogP contribution in [0.4, 0.5) is 0 Å². The second kappa shape index (κ2) is 15.5. The summed E-state index contributed by atoms with van der Waals surface area (Å²) < 4.78 is 0. The largest absolute Gasteiger partial charge is 0.208 e. The van der Waals surface area contributed by atoms with E-state index in [9.17, 15) is 0 Å². The molecular weight excluding hydrogens is 807 g/mol. The first-order valence-electron chi connectivity index (χ1n) is 22.3. The Morgan fingerprint density at radius 2 is 0.646 bits per heavy atom. The molecule has 1 aliphatic carbocycles. The van der Waals surface area contributed by atoms with Crippen molar-refractivity contribution in [3.05, 3.63) is 258 Å². The van der Waals surface area contributed by atoms with Gasteiger partial charge in [-0.3, -0.25) is 0 Å². The highest BCUT2D eigenvalue weighted by Gasteiger charge is 2.52. The normalized spacial score (nSPS) is 13.9. The Morgan fingerprint density at radius 1 is 0.277 bits per heavy atom. The lowest BCUT2D eigenvalue weighted by molar-refractivity contribution is 0.549. The number of fused-ring (bicyclic) bond motifs is 8. The molecule has 4 heteroatoms. The molecule has 10 aromatic rings. The van der Waals surface area contributed by atoms with Gasteiger partial charge in [0.05, 0.1) is 5.41 Å². The molecule has 0 saturated carbocycles. The first kappa shape index (κ1) is 39.0. The fourth-order valence-corrected chi connectivity index (χ4v) is 11.5. The van der Waals surface area contributed by atoms with E-state index in [0.717, 1.165) is 38.9 Å². The molecule has 2 heterocycles. The average Bonchev–Trinajstić information content (AvgIpc) is 3.38. The molecule has 0 saturated heterocycles.